The normalized spacial score (nSPS) is 9.89. The number of pyridine rings is 1. The van der Waals surface area contributed by atoms with E-state index in [2.05, 4.69) is 18.0 Å². The predicted octanol–water partition coefficient (Wildman–Crippen LogP) is 4.07. The van der Waals surface area contributed by atoms with Crippen molar-refractivity contribution in [2.45, 2.75) is 13.3 Å². The van der Waals surface area contributed by atoms with Gasteiger partial charge in [0.2, 0.25) is 0 Å². The second kappa shape index (κ2) is 6.17. The zero-order chi connectivity index (χ0) is 13.7. The molecule has 96 valence electrons. The maximum absolute atomic E-state index is 8.85. The smallest absolute Gasteiger partial charge is 0.121 e. The summed E-state index contributed by atoms with van der Waals surface area (Å²) in [5.74, 6) is 0.859. The fourth-order valence-electron chi connectivity index (χ4n) is 1.68. The van der Waals surface area contributed by atoms with Crippen molar-refractivity contribution in [2.75, 3.05) is 6.61 Å². The van der Waals surface area contributed by atoms with E-state index < -0.39 is 0 Å². The van der Waals surface area contributed by atoms with E-state index in [1.54, 1.807) is 6.07 Å². The third-order valence-corrected chi connectivity index (χ3v) is 2.99. The summed E-state index contributed by atoms with van der Waals surface area (Å²) in [4.78, 5) is 3.06. The van der Waals surface area contributed by atoms with Crippen molar-refractivity contribution in [3.8, 4) is 23.1 Å². The molecule has 0 unspecified atom stereocenters. The molecule has 0 spiro atoms. The highest BCUT2D eigenvalue weighted by Gasteiger charge is 2.01. The Labute approximate surface area is 117 Å². The minimum atomic E-state index is 0.464. The third kappa shape index (κ3) is 3.21. The van der Waals surface area contributed by atoms with Crippen LogP contribution in [0.1, 0.15) is 18.9 Å². The van der Waals surface area contributed by atoms with E-state index >= 15 is 0 Å². The maximum Gasteiger partial charge on any atom is 0.121 e. The zero-order valence-electron chi connectivity index (χ0n) is 10.6. The molecular formula is C15H14N2OS. The molecule has 0 saturated heterocycles. The number of benzene rings is 1. The zero-order valence-corrected chi connectivity index (χ0v) is 11.5. The van der Waals surface area contributed by atoms with Crippen LogP contribution in [0.5, 0.6) is 5.75 Å². The van der Waals surface area contributed by atoms with Crippen LogP contribution in [0.15, 0.2) is 36.4 Å². The van der Waals surface area contributed by atoms with Crippen LogP contribution >= 0.6 is 12.2 Å². The first-order valence-corrected chi connectivity index (χ1v) is 6.52. The van der Waals surface area contributed by atoms with Gasteiger partial charge in [-0.05, 0) is 48.4 Å². The molecule has 2 rings (SSSR count). The van der Waals surface area contributed by atoms with Crippen molar-refractivity contribution >= 4 is 12.2 Å². The lowest BCUT2D eigenvalue weighted by molar-refractivity contribution is 0.317. The Kier molecular flexibility index (Phi) is 4.32. The number of ether oxygens (including phenoxy) is 1. The van der Waals surface area contributed by atoms with Gasteiger partial charge in [-0.25, -0.2) is 0 Å². The highest BCUT2D eigenvalue weighted by molar-refractivity contribution is 7.71. The van der Waals surface area contributed by atoms with E-state index in [-0.39, 0.29) is 0 Å². The first kappa shape index (κ1) is 13.3. The SMILES string of the molecule is CCCOc1ccc(-c2ccc(C#N)c(=S)[nH]2)cc1. The molecule has 0 atom stereocenters. The van der Waals surface area contributed by atoms with Crippen LogP contribution in [0.25, 0.3) is 11.3 Å². The van der Waals surface area contributed by atoms with E-state index in [0.29, 0.717) is 10.2 Å². The molecule has 1 heterocycles. The Balaban J connectivity index is 2.25. The van der Waals surface area contributed by atoms with E-state index in [1.807, 2.05) is 30.3 Å². The van der Waals surface area contributed by atoms with Gasteiger partial charge >= 0.3 is 0 Å². The molecule has 1 aromatic carbocycles. The van der Waals surface area contributed by atoms with E-state index in [4.69, 9.17) is 22.2 Å². The molecule has 0 bridgehead atoms. The van der Waals surface area contributed by atoms with Crippen LogP contribution in [0, 0.1) is 16.0 Å². The van der Waals surface area contributed by atoms with Gasteiger partial charge in [0, 0.05) is 5.69 Å². The molecule has 0 saturated carbocycles. The van der Waals surface area contributed by atoms with Crippen molar-refractivity contribution in [3.63, 3.8) is 0 Å². The molecule has 0 aliphatic rings. The second-order valence-corrected chi connectivity index (χ2v) is 4.51. The summed E-state index contributed by atoms with van der Waals surface area (Å²) in [7, 11) is 0. The number of rotatable bonds is 4. The van der Waals surface area contributed by atoms with Crippen LogP contribution < -0.4 is 4.74 Å². The first-order chi connectivity index (χ1) is 9.24. The Bertz CT molecular complexity index is 653. The number of nitrogens with zero attached hydrogens (tertiary/aromatic N) is 1. The minimum absolute atomic E-state index is 0.464. The fraction of sp³-hybridized carbons (Fsp3) is 0.200. The molecule has 2 aromatic rings. The van der Waals surface area contributed by atoms with Gasteiger partial charge < -0.3 is 9.72 Å². The van der Waals surface area contributed by atoms with Crippen molar-refractivity contribution in [1.82, 2.24) is 4.98 Å². The summed E-state index contributed by atoms with van der Waals surface area (Å²) in [6, 6.07) is 13.4. The topological polar surface area (TPSA) is 48.8 Å². The van der Waals surface area contributed by atoms with Crippen molar-refractivity contribution in [1.29, 1.82) is 5.26 Å². The number of H-pyrrole nitrogens is 1. The molecule has 0 aliphatic heterocycles. The fourth-order valence-corrected chi connectivity index (χ4v) is 1.90. The summed E-state index contributed by atoms with van der Waals surface area (Å²) in [5, 5.41) is 8.85. The first-order valence-electron chi connectivity index (χ1n) is 6.11. The van der Waals surface area contributed by atoms with Gasteiger partial charge in [-0.3, -0.25) is 0 Å². The maximum atomic E-state index is 8.85. The Morgan fingerprint density at radius 2 is 1.95 bits per heavy atom. The Morgan fingerprint density at radius 1 is 1.21 bits per heavy atom. The third-order valence-electron chi connectivity index (χ3n) is 2.67. The Morgan fingerprint density at radius 3 is 2.53 bits per heavy atom. The largest absolute Gasteiger partial charge is 0.494 e. The Hall–Kier alpha value is -2.12. The van der Waals surface area contributed by atoms with Crippen LogP contribution in [-0.4, -0.2) is 11.6 Å². The van der Waals surface area contributed by atoms with Gasteiger partial charge in [0.1, 0.15) is 16.5 Å². The van der Waals surface area contributed by atoms with E-state index in [0.717, 1.165) is 30.0 Å². The number of aromatic amines is 1. The summed E-state index contributed by atoms with van der Waals surface area (Å²) in [5.41, 5.74) is 2.40. The van der Waals surface area contributed by atoms with Crippen molar-refractivity contribution < 1.29 is 4.74 Å². The van der Waals surface area contributed by atoms with E-state index in [1.165, 1.54) is 0 Å². The van der Waals surface area contributed by atoms with Gasteiger partial charge in [-0.15, -0.1) is 0 Å². The predicted molar refractivity (Wildman–Crippen MR) is 77.6 cm³/mol. The average Bonchev–Trinajstić information content (AvgIpc) is 2.45. The molecule has 0 fully saturated rings. The number of hydrogen-bond donors (Lipinski definition) is 1. The summed E-state index contributed by atoms with van der Waals surface area (Å²) >= 11 is 5.12. The summed E-state index contributed by atoms with van der Waals surface area (Å²) in [6.45, 7) is 2.80. The van der Waals surface area contributed by atoms with Gasteiger partial charge in [0.15, 0.2) is 0 Å². The monoisotopic (exact) mass is 270 g/mol. The lowest BCUT2D eigenvalue weighted by atomic mass is 10.1. The van der Waals surface area contributed by atoms with Crippen LogP contribution in [0.2, 0.25) is 0 Å². The van der Waals surface area contributed by atoms with Crippen molar-refractivity contribution in [2.24, 2.45) is 0 Å². The highest BCUT2D eigenvalue weighted by atomic mass is 32.1. The van der Waals surface area contributed by atoms with Crippen LogP contribution in [0.4, 0.5) is 0 Å². The van der Waals surface area contributed by atoms with Gasteiger partial charge in [-0.1, -0.05) is 19.1 Å². The standard InChI is InChI=1S/C15H14N2OS/c1-2-9-18-13-6-3-11(4-7-13)14-8-5-12(10-16)15(19)17-14/h3-8H,2,9H2,1H3,(H,17,19). The number of nitriles is 1. The molecular weight excluding hydrogens is 256 g/mol. The number of hydrogen-bond acceptors (Lipinski definition) is 3. The molecule has 0 amide bonds. The number of aromatic nitrogens is 1. The molecule has 4 heteroatoms. The molecule has 0 radical (unpaired) electrons. The lowest BCUT2D eigenvalue weighted by Gasteiger charge is -2.06. The molecule has 3 nitrogen and oxygen atoms in total. The van der Waals surface area contributed by atoms with Gasteiger partial charge in [0.25, 0.3) is 0 Å². The second-order valence-electron chi connectivity index (χ2n) is 4.10. The molecule has 19 heavy (non-hydrogen) atoms. The number of nitrogens with one attached hydrogen (secondary N) is 1. The minimum Gasteiger partial charge on any atom is -0.494 e. The van der Waals surface area contributed by atoms with Gasteiger partial charge in [0.05, 0.1) is 12.2 Å². The quantitative estimate of drug-likeness (QED) is 0.852. The molecule has 0 aliphatic carbocycles. The average molecular weight is 270 g/mol. The lowest BCUT2D eigenvalue weighted by Crippen LogP contribution is -1.94. The molecule has 1 aromatic heterocycles. The molecule has 1 N–H and O–H groups in total. The van der Waals surface area contributed by atoms with E-state index in [9.17, 15) is 0 Å². The van der Waals surface area contributed by atoms with Crippen LogP contribution in [0.3, 0.4) is 0 Å². The van der Waals surface area contributed by atoms with Gasteiger partial charge in [-0.2, -0.15) is 5.26 Å². The summed E-state index contributed by atoms with van der Waals surface area (Å²) < 4.78 is 6.00. The highest BCUT2D eigenvalue weighted by Crippen LogP contribution is 2.21. The summed E-state index contributed by atoms with van der Waals surface area (Å²) in [6.07, 6.45) is 0.991. The van der Waals surface area contributed by atoms with Crippen LogP contribution in [-0.2, 0) is 0 Å². The van der Waals surface area contributed by atoms with Crippen molar-refractivity contribution in [3.05, 3.63) is 46.6 Å².